The molecule has 0 fully saturated rings. The summed E-state index contributed by atoms with van der Waals surface area (Å²) in [4.78, 5) is 9.40. The van der Waals surface area contributed by atoms with E-state index in [4.69, 9.17) is 9.72 Å². The number of pyridine rings is 2. The molecule has 9 rings (SSSR count). The van der Waals surface area contributed by atoms with Crippen LogP contribution in [0.4, 0.5) is 0 Å². The molecule has 0 saturated carbocycles. The number of ether oxygens (including phenoxy) is 1. The van der Waals surface area contributed by atoms with Gasteiger partial charge >= 0.3 is 21.1 Å². The molecule has 228 valence electrons. The van der Waals surface area contributed by atoms with Gasteiger partial charge in [-0.1, -0.05) is 76.4 Å². The normalized spacial score (nSPS) is 11.6. The number of nitrogens with zero attached hydrogens (tertiary/aromatic N) is 4. The summed E-state index contributed by atoms with van der Waals surface area (Å²) < 4.78 is 10.7. The SMILES string of the molecule is Cc1cc(C)c(-c2ccc3c4ccc(Oc5[c-]c6c(cc5)c5ccccc5n6-c5ccccn5)[c-]c4c4nccn4c3c2)c(C)c1.[Pt+2]. The number of aryl methyl sites for hydroxylation is 3. The van der Waals surface area contributed by atoms with Crippen molar-refractivity contribution in [3.8, 4) is 28.4 Å². The second-order valence-electron chi connectivity index (χ2n) is 12.0. The molecule has 0 atom stereocenters. The Morgan fingerprint density at radius 2 is 1.36 bits per heavy atom. The van der Waals surface area contributed by atoms with Crippen LogP contribution in [0.5, 0.6) is 11.5 Å². The molecule has 6 heteroatoms. The van der Waals surface area contributed by atoms with Crippen molar-refractivity contribution >= 4 is 49.1 Å². The van der Waals surface area contributed by atoms with E-state index in [-0.39, 0.29) is 21.1 Å². The summed E-state index contributed by atoms with van der Waals surface area (Å²) in [5.41, 5.74) is 10.3. The van der Waals surface area contributed by atoms with Gasteiger partial charge in [0, 0.05) is 41.1 Å². The van der Waals surface area contributed by atoms with Crippen LogP contribution in [-0.2, 0) is 21.1 Å². The molecular weight excluding hydrogens is 760 g/mol. The second-order valence-corrected chi connectivity index (χ2v) is 12.0. The molecule has 4 aromatic heterocycles. The van der Waals surface area contributed by atoms with Crippen LogP contribution in [0.2, 0.25) is 0 Å². The van der Waals surface area contributed by atoms with Crippen LogP contribution in [0.15, 0.2) is 116 Å². The van der Waals surface area contributed by atoms with Gasteiger partial charge in [0.15, 0.2) is 0 Å². The molecule has 0 aliphatic carbocycles. The van der Waals surface area contributed by atoms with Gasteiger partial charge in [0.2, 0.25) is 0 Å². The summed E-state index contributed by atoms with van der Waals surface area (Å²) in [5.74, 6) is 2.05. The third-order valence-electron chi connectivity index (χ3n) is 8.95. The molecule has 5 nitrogen and oxygen atoms in total. The Labute approximate surface area is 286 Å². The minimum atomic E-state index is 0. The maximum atomic E-state index is 6.45. The van der Waals surface area contributed by atoms with E-state index < -0.39 is 0 Å². The van der Waals surface area contributed by atoms with Gasteiger partial charge in [-0.25, -0.2) is 4.98 Å². The largest absolute Gasteiger partial charge is 2.00 e. The van der Waals surface area contributed by atoms with E-state index in [9.17, 15) is 0 Å². The topological polar surface area (TPSA) is 44.3 Å². The third kappa shape index (κ3) is 4.65. The standard InChI is InChI=1S/C41H28N4O.Pt/c1-25-20-26(2)40(27(3)21-25)28-11-14-33-31-15-12-29(23-35(31)41-43-18-19-44(41)37(33)22-28)46-30-13-16-34-32-8-4-5-9-36(32)45(38(34)24-30)39-10-6-7-17-42-39;/h4-22H,1-3H3;/q-2;+2. The predicted molar refractivity (Wildman–Crippen MR) is 186 cm³/mol. The first-order valence-corrected chi connectivity index (χ1v) is 15.4. The summed E-state index contributed by atoms with van der Waals surface area (Å²) in [6.45, 7) is 6.53. The maximum Gasteiger partial charge on any atom is 2.00 e. The van der Waals surface area contributed by atoms with E-state index in [0.717, 1.165) is 54.9 Å². The summed E-state index contributed by atoms with van der Waals surface area (Å²) >= 11 is 0. The fourth-order valence-corrected chi connectivity index (χ4v) is 7.14. The van der Waals surface area contributed by atoms with Crippen molar-refractivity contribution in [1.82, 2.24) is 18.9 Å². The van der Waals surface area contributed by atoms with Gasteiger partial charge in [-0.3, -0.25) is 4.98 Å². The van der Waals surface area contributed by atoms with Crippen LogP contribution in [0.1, 0.15) is 16.7 Å². The van der Waals surface area contributed by atoms with E-state index in [0.29, 0.717) is 11.5 Å². The number of para-hydroxylation sites is 1. The molecule has 0 spiro atoms. The quantitative estimate of drug-likeness (QED) is 0.132. The van der Waals surface area contributed by atoms with Gasteiger partial charge in [0.05, 0.1) is 5.65 Å². The van der Waals surface area contributed by atoms with Crippen LogP contribution < -0.4 is 4.74 Å². The monoisotopic (exact) mass is 787 g/mol. The van der Waals surface area contributed by atoms with Gasteiger partial charge in [0.1, 0.15) is 5.82 Å². The van der Waals surface area contributed by atoms with Gasteiger partial charge < -0.3 is 13.7 Å². The molecule has 0 unspecified atom stereocenters. The zero-order valence-corrected chi connectivity index (χ0v) is 28.3. The molecule has 9 aromatic rings. The molecule has 0 saturated heterocycles. The average Bonchev–Trinajstić information content (AvgIpc) is 3.68. The fourth-order valence-electron chi connectivity index (χ4n) is 7.14. The first-order valence-electron chi connectivity index (χ1n) is 15.4. The Kier molecular flexibility index (Phi) is 6.96. The molecule has 4 heterocycles. The van der Waals surface area contributed by atoms with Crippen LogP contribution >= 0.6 is 0 Å². The molecule has 0 amide bonds. The van der Waals surface area contributed by atoms with E-state index >= 15 is 0 Å². The Morgan fingerprint density at radius 3 is 2.17 bits per heavy atom. The van der Waals surface area contributed by atoms with Gasteiger partial charge in [-0.05, 0) is 78.1 Å². The predicted octanol–water partition coefficient (Wildman–Crippen LogP) is 10.1. The molecular formula is C41H28N4OPt. The Morgan fingerprint density at radius 1 is 0.638 bits per heavy atom. The van der Waals surface area contributed by atoms with Crippen LogP contribution in [0.25, 0.3) is 66.1 Å². The molecule has 47 heavy (non-hydrogen) atoms. The fraction of sp³-hybridized carbons (Fsp3) is 0.0732. The van der Waals surface area contributed by atoms with Crippen molar-refractivity contribution in [1.29, 1.82) is 0 Å². The summed E-state index contributed by atoms with van der Waals surface area (Å²) in [6.07, 6.45) is 5.68. The Bertz CT molecular complexity index is 2630. The average molecular weight is 788 g/mol. The summed E-state index contributed by atoms with van der Waals surface area (Å²) in [7, 11) is 0. The van der Waals surface area contributed by atoms with Crippen molar-refractivity contribution in [3.05, 3.63) is 144 Å². The van der Waals surface area contributed by atoms with Crippen LogP contribution in [-0.4, -0.2) is 18.9 Å². The number of aromatic nitrogens is 4. The molecule has 0 radical (unpaired) electrons. The molecule has 0 bridgehead atoms. The van der Waals surface area contributed by atoms with Crippen molar-refractivity contribution in [2.75, 3.05) is 0 Å². The van der Waals surface area contributed by atoms with Crippen molar-refractivity contribution in [2.45, 2.75) is 20.8 Å². The number of fused-ring (bicyclic) bond motifs is 9. The van der Waals surface area contributed by atoms with E-state index in [2.05, 4.69) is 108 Å². The van der Waals surface area contributed by atoms with Crippen LogP contribution in [0, 0.1) is 32.9 Å². The minimum absolute atomic E-state index is 0. The van der Waals surface area contributed by atoms with E-state index in [1.54, 1.807) is 0 Å². The zero-order valence-electron chi connectivity index (χ0n) is 26.0. The molecule has 5 aromatic carbocycles. The van der Waals surface area contributed by atoms with Gasteiger partial charge in [-0.15, -0.1) is 29.7 Å². The van der Waals surface area contributed by atoms with Gasteiger partial charge in [0.25, 0.3) is 0 Å². The van der Waals surface area contributed by atoms with E-state index in [1.807, 2.05) is 55.0 Å². The molecule has 0 N–H and O–H groups in total. The maximum absolute atomic E-state index is 6.45. The number of hydrogen-bond acceptors (Lipinski definition) is 3. The number of benzene rings is 5. The Balaban J connectivity index is 0.00000324. The zero-order chi connectivity index (χ0) is 30.9. The molecule has 0 aliphatic rings. The van der Waals surface area contributed by atoms with Crippen molar-refractivity contribution in [3.63, 3.8) is 0 Å². The summed E-state index contributed by atoms with van der Waals surface area (Å²) in [6, 6.07) is 40.8. The third-order valence-corrected chi connectivity index (χ3v) is 8.95. The smallest absolute Gasteiger partial charge is 0.503 e. The van der Waals surface area contributed by atoms with Crippen molar-refractivity contribution < 1.29 is 25.8 Å². The van der Waals surface area contributed by atoms with E-state index in [1.165, 1.54) is 27.8 Å². The number of imidazole rings is 1. The van der Waals surface area contributed by atoms with Gasteiger partial charge in [-0.2, -0.15) is 6.07 Å². The first-order chi connectivity index (χ1) is 22.5. The Hall–Kier alpha value is -5.25. The minimum Gasteiger partial charge on any atom is -0.503 e. The number of hydrogen-bond donors (Lipinski definition) is 0. The first kappa shape index (κ1) is 29.2. The van der Waals surface area contributed by atoms with Crippen molar-refractivity contribution in [2.24, 2.45) is 0 Å². The summed E-state index contributed by atoms with van der Waals surface area (Å²) in [5, 5.41) is 5.38. The van der Waals surface area contributed by atoms with Crippen LogP contribution in [0.3, 0.4) is 0 Å². The molecule has 0 aliphatic heterocycles. The number of rotatable bonds is 4. The second kappa shape index (κ2) is 11.2.